The first-order valence-corrected chi connectivity index (χ1v) is 5.45. The number of aliphatic hydroxyl groups excluding tert-OH is 1. The number of nitrogens with two attached hydrogens (primary N) is 1. The summed E-state index contributed by atoms with van der Waals surface area (Å²) >= 11 is 5.83. The molecule has 0 aromatic heterocycles. The molecule has 2 aromatic carbocycles. The maximum absolute atomic E-state index is 13.5. The van der Waals surface area contributed by atoms with Crippen molar-refractivity contribution in [2.45, 2.75) is 6.10 Å². The normalized spacial score (nSPS) is 12.4. The van der Waals surface area contributed by atoms with Gasteiger partial charge in [-0.05, 0) is 24.3 Å². The molecule has 0 amide bonds. The molecule has 0 heterocycles. The lowest BCUT2D eigenvalue weighted by Crippen LogP contribution is -2.05. The quantitative estimate of drug-likeness (QED) is 0.806. The summed E-state index contributed by atoms with van der Waals surface area (Å²) in [5.41, 5.74) is 6.70. The Morgan fingerprint density at radius 1 is 1.12 bits per heavy atom. The van der Waals surface area contributed by atoms with Crippen LogP contribution in [0.1, 0.15) is 17.2 Å². The molecule has 0 saturated heterocycles. The highest BCUT2D eigenvalue weighted by Gasteiger charge is 2.17. The van der Waals surface area contributed by atoms with Gasteiger partial charge in [0.05, 0.1) is 0 Å². The molecule has 0 aliphatic heterocycles. The Kier molecular flexibility index (Phi) is 3.31. The van der Waals surface area contributed by atoms with Crippen molar-refractivity contribution in [1.29, 1.82) is 0 Å². The Balaban J connectivity index is 2.47. The van der Waals surface area contributed by atoms with Crippen LogP contribution in [0.5, 0.6) is 0 Å². The Bertz CT molecular complexity index is 545. The summed E-state index contributed by atoms with van der Waals surface area (Å²) in [6.07, 6.45) is -1.12. The summed E-state index contributed by atoms with van der Waals surface area (Å²) in [7, 11) is 0. The van der Waals surface area contributed by atoms with Gasteiger partial charge in [-0.25, -0.2) is 4.39 Å². The summed E-state index contributed by atoms with van der Waals surface area (Å²) in [5, 5.41) is 10.5. The van der Waals surface area contributed by atoms with E-state index in [-0.39, 0.29) is 5.56 Å². The Hall–Kier alpha value is -1.58. The molecule has 0 saturated carbocycles. The molecule has 0 spiro atoms. The van der Waals surface area contributed by atoms with E-state index in [1.807, 2.05) is 0 Å². The molecule has 2 aromatic rings. The second kappa shape index (κ2) is 4.73. The fraction of sp³-hybridized carbons (Fsp3) is 0.0769. The summed E-state index contributed by atoms with van der Waals surface area (Å²) in [5.74, 6) is -0.473. The zero-order chi connectivity index (χ0) is 12.4. The van der Waals surface area contributed by atoms with Crippen molar-refractivity contribution in [3.05, 3.63) is 64.4 Å². The average molecular weight is 252 g/mol. The third kappa shape index (κ3) is 2.40. The number of nitrogen functional groups attached to an aromatic ring is 1. The van der Waals surface area contributed by atoms with Gasteiger partial charge in [0, 0.05) is 21.8 Å². The van der Waals surface area contributed by atoms with E-state index in [1.165, 1.54) is 18.2 Å². The molecular weight excluding hydrogens is 241 g/mol. The molecule has 0 fully saturated rings. The molecule has 2 nitrogen and oxygen atoms in total. The van der Waals surface area contributed by atoms with Gasteiger partial charge >= 0.3 is 0 Å². The van der Waals surface area contributed by atoms with Crippen LogP contribution in [0, 0.1) is 5.82 Å². The van der Waals surface area contributed by atoms with E-state index in [1.54, 1.807) is 24.3 Å². The van der Waals surface area contributed by atoms with Gasteiger partial charge in [0.2, 0.25) is 0 Å². The van der Waals surface area contributed by atoms with Crippen LogP contribution in [0.3, 0.4) is 0 Å². The Morgan fingerprint density at radius 3 is 2.53 bits per heavy atom. The smallest absolute Gasteiger partial charge is 0.129 e. The van der Waals surface area contributed by atoms with E-state index in [2.05, 4.69) is 0 Å². The predicted octanol–water partition coefficient (Wildman–Crippen LogP) is 3.14. The molecule has 4 heteroatoms. The first-order valence-electron chi connectivity index (χ1n) is 5.07. The molecular formula is C13H11ClFNO. The highest BCUT2D eigenvalue weighted by molar-refractivity contribution is 6.30. The third-order valence-corrected chi connectivity index (χ3v) is 2.78. The molecule has 0 radical (unpaired) electrons. The standard InChI is InChI=1S/C13H11ClFNO/c14-8-5-6-12(16)10(7-8)13(17)9-3-1-2-4-11(9)15/h1-7,13,17H,16H2. The monoisotopic (exact) mass is 251 g/mol. The summed E-state index contributed by atoms with van der Waals surface area (Å²) in [4.78, 5) is 0. The van der Waals surface area contributed by atoms with Crippen LogP contribution >= 0.6 is 11.6 Å². The minimum absolute atomic E-state index is 0.182. The lowest BCUT2D eigenvalue weighted by molar-refractivity contribution is 0.215. The molecule has 88 valence electrons. The summed E-state index contributed by atoms with van der Waals surface area (Å²) in [6.45, 7) is 0. The molecule has 1 unspecified atom stereocenters. The zero-order valence-corrected chi connectivity index (χ0v) is 9.66. The first-order chi connectivity index (χ1) is 8.09. The van der Waals surface area contributed by atoms with Crippen molar-refractivity contribution < 1.29 is 9.50 Å². The lowest BCUT2D eigenvalue weighted by atomic mass is 10.00. The van der Waals surface area contributed by atoms with Crippen LogP contribution in [-0.2, 0) is 0 Å². The van der Waals surface area contributed by atoms with E-state index in [9.17, 15) is 9.50 Å². The van der Waals surface area contributed by atoms with Gasteiger partial charge < -0.3 is 10.8 Å². The lowest BCUT2D eigenvalue weighted by Gasteiger charge is -2.14. The molecule has 2 rings (SSSR count). The number of hydrogen-bond donors (Lipinski definition) is 2. The second-order valence-electron chi connectivity index (χ2n) is 3.70. The van der Waals surface area contributed by atoms with Crippen molar-refractivity contribution in [1.82, 2.24) is 0 Å². The van der Waals surface area contributed by atoms with Gasteiger partial charge in [0.1, 0.15) is 11.9 Å². The molecule has 3 N–H and O–H groups in total. The van der Waals surface area contributed by atoms with Crippen molar-refractivity contribution in [3.8, 4) is 0 Å². The second-order valence-corrected chi connectivity index (χ2v) is 4.13. The van der Waals surface area contributed by atoms with E-state index in [0.717, 1.165) is 0 Å². The van der Waals surface area contributed by atoms with Gasteiger partial charge in [0.25, 0.3) is 0 Å². The van der Waals surface area contributed by atoms with Crippen molar-refractivity contribution in [3.63, 3.8) is 0 Å². The van der Waals surface area contributed by atoms with Crippen LogP contribution < -0.4 is 5.73 Å². The maximum atomic E-state index is 13.5. The number of halogens is 2. The van der Waals surface area contributed by atoms with Gasteiger partial charge in [-0.3, -0.25) is 0 Å². The SMILES string of the molecule is Nc1ccc(Cl)cc1C(O)c1ccccc1F. The first kappa shape index (κ1) is 11.9. The number of hydrogen-bond acceptors (Lipinski definition) is 2. The van der Waals surface area contributed by atoms with Crippen molar-refractivity contribution >= 4 is 17.3 Å². The Labute approximate surface area is 103 Å². The van der Waals surface area contributed by atoms with Crippen LogP contribution in [0.25, 0.3) is 0 Å². The van der Waals surface area contributed by atoms with Crippen LogP contribution in [0.2, 0.25) is 5.02 Å². The number of aliphatic hydroxyl groups is 1. The van der Waals surface area contributed by atoms with E-state index in [4.69, 9.17) is 17.3 Å². The molecule has 17 heavy (non-hydrogen) atoms. The fourth-order valence-electron chi connectivity index (χ4n) is 1.65. The van der Waals surface area contributed by atoms with Crippen LogP contribution in [-0.4, -0.2) is 5.11 Å². The molecule has 1 atom stereocenters. The summed E-state index contributed by atoms with van der Waals surface area (Å²) < 4.78 is 13.5. The number of benzene rings is 2. The Morgan fingerprint density at radius 2 is 1.82 bits per heavy atom. The number of anilines is 1. The largest absolute Gasteiger partial charge is 0.398 e. The van der Waals surface area contributed by atoms with Crippen molar-refractivity contribution in [2.75, 3.05) is 5.73 Å². The zero-order valence-electron chi connectivity index (χ0n) is 8.90. The molecule has 0 aliphatic carbocycles. The van der Waals surface area contributed by atoms with E-state index < -0.39 is 11.9 Å². The maximum Gasteiger partial charge on any atom is 0.129 e. The average Bonchev–Trinajstić information content (AvgIpc) is 2.32. The summed E-state index contributed by atoms with van der Waals surface area (Å²) in [6, 6.07) is 10.8. The van der Waals surface area contributed by atoms with E-state index >= 15 is 0 Å². The van der Waals surface area contributed by atoms with Crippen LogP contribution in [0.4, 0.5) is 10.1 Å². The fourth-order valence-corrected chi connectivity index (χ4v) is 1.83. The van der Waals surface area contributed by atoms with Gasteiger partial charge in [-0.15, -0.1) is 0 Å². The third-order valence-electron chi connectivity index (χ3n) is 2.54. The highest BCUT2D eigenvalue weighted by Crippen LogP contribution is 2.30. The van der Waals surface area contributed by atoms with Crippen molar-refractivity contribution in [2.24, 2.45) is 0 Å². The predicted molar refractivity (Wildman–Crippen MR) is 66.3 cm³/mol. The highest BCUT2D eigenvalue weighted by atomic mass is 35.5. The van der Waals surface area contributed by atoms with Gasteiger partial charge in [-0.2, -0.15) is 0 Å². The van der Waals surface area contributed by atoms with Gasteiger partial charge in [0.15, 0.2) is 0 Å². The minimum atomic E-state index is -1.12. The van der Waals surface area contributed by atoms with Crippen LogP contribution in [0.15, 0.2) is 42.5 Å². The molecule has 0 aliphatic rings. The topological polar surface area (TPSA) is 46.2 Å². The minimum Gasteiger partial charge on any atom is -0.398 e. The number of rotatable bonds is 2. The van der Waals surface area contributed by atoms with Gasteiger partial charge in [-0.1, -0.05) is 29.8 Å². The van der Waals surface area contributed by atoms with E-state index in [0.29, 0.717) is 16.3 Å². The molecule has 0 bridgehead atoms.